The SMILES string of the molecule is Cc1c(Cl)cccc1Nc1c(-c2ccnc3ccc(OC4COC4)nc23)[nH]c2c1C(=O)N[C@@H]1C[C@H]21. The average molecular weight is 488 g/mol. The number of halogens is 1. The predicted molar refractivity (Wildman–Crippen MR) is 133 cm³/mol. The maximum absolute atomic E-state index is 13.2. The number of fused-ring (bicyclic) bond motifs is 4. The first-order valence-electron chi connectivity index (χ1n) is 11.7. The Hall–Kier alpha value is -3.62. The number of ether oxygens (including phenoxy) is 2. The number of carbonyl (C=O) groups excluding carboxylic acids is 1. The van der Waals surface area contributed by atoms with Gasteiger partial charge in [0.15, 0.2) is 0 Å². The molecular weight excluding hydrogens is 466 g/mol. The van der Waals surface area contributed by atoms with Gasteiger partial charge < -0.3 is 25.1 Å². The van der Waals surface area contributed by atoms with Gasteiger partial charge in [0, 0.05) is 46.2 Å². The van der Waals surface area contributed by atoms with E-state index in [1.165, 1.54) is 0 Å². The third kappa shape index (κ3) is 3.36. The molecule has 0 radical (unpaired) electrons. The van der Waals surface area contributed by atoms with E-state index in [1.54, 1.807) is 6.20 Å². The van der Waals surface area contributed by atoms with Gasteiger partial charge in [-0.25, -0.2) is 4.98 Å². The van der Waals surface area contributed by atoms with Crippen LogP contribution in [0.25, 0.3) is 22.3 Å². The first-order valence-corrected chi connectivity index (χ1v) is 12.0. The Morgan fingerprint density at radius 1 is 1.20 bits per heavy atom. The van der Waals surface area contributed by atoms with Gasteiger partial charge in [0.2, 0.25) is 5.88 Å². The second-order valence-corrected chi connectivity index (χ2v) is 9.68. The topological polar surface area (TPSA) is 101 Å². The molecule has 4 aromatic rings. The number of benzene rings is 1. The second-order valence-electron chi connectivity index (χ2n) is 9.28. The molecule has 0 unspecified atom stereocenters. The minimum atomic E-state index is -0.0799. The highest BCUT2D eigenvalue weighted by atomic mass is 35.5. The van der Waals surface area contributed by atoms with E-state index in [2.05, 4.69) is 20.6 Å². The lowest BCUT2D eigenvalue weighted by Crippen LogP contribution is -2.38. The van der Waals surface area contributed by atoms with Crippen LogP contribution in [-0.4, -0.2) is 46.2 Å². The standard InChI is InChI=1S/C26H22ClN5O3/c1-12-16(27)3-2-4-17(12)29-25-21-23(15-9-19(15)30-26(21)33)32-24(25)14-7-8-28-18-5-6-20(31-22(14)18)35-13-10-34-11-13/h2-8,13,15,19,29,32H,9-11H2,1H3,(H,30,33)/t15-,19+/m0/s1. The number of H-pyrrole nitrogens is 1. The van der Waals surface area contributed by atoms with E-state index in [1.807, 2.05) is 43.3 Å². The van der Waals surface area contributed by atoms with Crippen LogP contribution in [0.3, 0.4) is 0 Å². The summed E-state index contributed by atoms with van der Waals surface area (Å²) in [6, 6.07) is 11.5. The van der Waals surface area contributed by atoms with Crippen molar-refractivity contribution in [2.45, 2.75) is 31.4 Å². The van der Waals surface area contributed by atoms with Crippen molar-refractivity contribution in [3.8, 4) is 17.1 Å². The second kappa shape index (κ2) is 7.69. The molecule has 176 valence electrons. The number of carbonyl (C=O) groups is 1. The fourth-order valence-electron chi connectivity index (χ4n) is 4.88. The fourth-order valence-corrected chi connectivity index (χ4v) is 5.05. The molecule has 1 saturated carbocycles. The lowest BCUT2D eigenvalue weighted by molar-refractivity contribution is -0.0812. The van der Waals surface area contributed by atoms with Gasteiger partial charge >= 0.3 is 0 Å². The van der Waals surface area contributed by atoms with Crippen LogP contribution in [0, 0.1) is 6.92 Å². The largest absolute Gasteiger partial charge is 0.469 e. The smallest absolute Gasteiger partial charge is 0.255 e. The van der Waals surface area contributed by atoms with Crippen LogP contribution >= 0.6 is 11.6 Å². The number of nitrogens with one attached hydrogen (secondary N) is 3. The highest BCUT2D eigenvalue weighted by Gasteiger charge is 2.48. The van der Waals surface area contributed by atoms with Crippen molar-refractivity contribution in [2.24, 2.45) is 0 Å². The predicted octanol–water partition coefficient (Wildman–Crippen LogP) is 4.71. The summed E-state index contributed by atoms with van der Waals surface area (Å²) < 4.78 is 11.2. The quantitative estimate of drug-likeness (QED) is 0.377. The highest BCUT2D eigenvalue weighted by molar-refractivity contribution is 6.31. The Kier molecular flexibility index (Phi) is 4.56. The van der Waals surface area contributed by atoms with Crippen LogP contribution in [0.4, 0.5) is 11.4 Å². The monoisotopic (exact) mass is 487 g/mol. The van der Waals surface area contributed by atoms with E-state index < -0.39 is 0 Å². The van der Waals surface area contributed by atoms with Gasteiger partial charge in [-0.15, -0.1) is 0 Å². The molecular formula is C26H22ClN5O3. The number of pyridine rings is 2. The molecule has 0 bridgehead atoms. The number of hydrogen-bond acceptors (Lipinski definition) is 6. The summed E-state index contributed by atoms with van der Waals surface area (Å²) >= 11 is 6.40. The molecule has 7 rings (SSSR count). The summed E-state index contributed by atoms with van der Waals surface area (Å²) in [4.78, 5) is 26.0. The van der Waals surface area contributed by atoms with E-state index in [4.69, 9.17) is 26.1 Å². The molecule has 3 aliphatic rings. The Balaban J connectivity index is 1.41. The van der Waals surface area contributed by atoms with E-state index in [9.17, 15) is 4.79 Å². The van der Waals surface area contributed by atoms with Crippen LogP contribution in [0.2, 0.25) is 5.02 Å². The number of aromatic nitrogens is 3. The summed E-state index contributed by atoms with van der Waals surface area (Å²) in [5.74, 6) is 0.733. The Morgan fingerprint density at radius 3 is 2.91 bits per heavy atom. The molecule has 1 aromatic carbocycles. The van der Waals surface area contributed by atoms with Crippen molar-refractivity contribution in [1.29, 1.82) is 0 Å². The van der Waals surface area contributed by atoms with Crippen molar-refractivity contribution < 1.29 is 14.3 Å². The molecule has 2 atom stereocenters. The molecule has 8 nitrogen and oxygen atoms in total. The van der Waals surface area contributed by atoms with Gasteiger partial charge in [-0.05, 0) is 43.2 Å². The summed E-state index contributed by atoms with van der Waals surface area (Å²) in [6.07, 6.45) is 2.70. The zero-order chi connectivity index (χ0) is 23.7. The summed E-state index contributed by atoms with van der Waals surface area (Å²) in [5, 5.41) is 7.30. The normalized spacial score (nSPS) is 20.6. The minimum Gasteiger partial charge on any atom is -0.469 e. The van der Waals surface area contributed by atoms with Gasteiger partial charge in [-0.1, -0.05) is 17.7 Å². The number of nitrogens with zero attached hydrogens (tertiary/aromatic N) is 2. The van der Waals surface area contributed by atoms with Crippen molar-refractivity contribution in [3.05, 3.63) is 64.4 Å². The fraction of sp³-hybridized carbons (Fsp3) is 0.269. The zero-order valence-electron chi connectivity index (χ0n) is 18.9. The summed E-state index contributed by atoms with van der Waals surface area (Å²) in [7, 11) is 0. The maximum atomic E-state index is 13.2. The number of rotatable bonds is 5. The van der Waals surface area contributed by atoms with Crippen molar-refractivity contribution in [3.63, 3.8) is 0 Å². The lowest BCUT2D eigenvalue weighted by Gasteiger charge is -2.26. The first-order chi connectivity index (χ1) is 17.1. The van der Waals surface area contributed by atoms with Gasteiger partial charge in [-0.2, -0.15) is 0 Å². The molecule has 1 aliphatic carbocycles. The number of amides is 1. The first kappa shape index (κ1) is 20.7. The van der Waals surface area contributed by atoms with E-state index in [0.29, 0.717) is 40.9 Å². The van der Waals surface area contributed by atoms with Crippen molar-refractivity contribution in [1.82, 2.24) is 20.3 Å². The number of aromatic amines is 1. The molecule has 35 heavy (non-hydrogen) atoms. The van der Waals surface area contributed by atoms with Crippen LogP contribution in [-0.2, 0) is 4.74 Å². The molecule has 0 spiro atoms. The maximum Gasteiger partial charge on any atom is 0.255 e. The molecule has 1 saturated heterocycles. The highest BCUT2D eigenvalue weighted by Crippen LogP contribution is 2.50. The molecule has 3 aromatic heterocycles. The van der Waals surface area contributed by atoms with Crippen molar-refractivity contribution >= 4 is 39.9 Å². The van der Waals surface area contributed by atoms with Gasteiger partial charge in [0.25, 0.3) is 5.91 Å². The zero-order valence-corrected chi connectivity index (χ0v) is 19.6. The summed E-state index contributed by atoms with van der Waals surface area (Å²) in [5.41, 5.74) is 7.13. The van der Waals surface area contributed by atoms with Gasteiger partial charge in [0.05, 0.1) is 35.7 Å². The average Bonchev–Trinajstić information content (AvgIpc) is 3.50. The third-order valence-electron chi connectivity index (χ3n) is 6.98. The minimum absolute atomic E-state index is 0.0106. The van der Waals surface area contributed by atoms with E-state index in [0.717, 1.165) is 40.1 Å². The third-order valence-corrected chi connectivity index (χ3v) is 7.39. The molecule has 2 aliphatic heterocycles. The molecule has 2 fully saturated rings. The molecule has 9 heteroatoms. The molecule has 3 N–H and O–H groups in total. The Bertz CT molecular complexity index is 1510. The van der Waals surface area contributed by atoms with Crippen LogP contribution < -0.4 is 15.4 Å². The molecule has 5 heterocycles. The Labute approximate surface area is 206 Å². The van der Waals surface area contributed by atoms with Gasteiger partial charge in [-0.3, -0.25) is 9.78 Å². The van der Waals surface area contributed by atoms with Crippen LogP contribution in [0.1, 0.15) is 34.0 Å². The number of anilines is 2. The number of hydrogen-bond donors (Lipinski definition) is 3. The lowest BCUT2D eigenvalue weighted by atomic mass is 10.0. The van der Waals surface area contributed by atoms with E-state index >= 15 is 0 Å². The Morgan fingerprint density at radius 2 is 2.09 bits per heavy atom. The van der Waals surface area contributed by atoms with Gasteiger partial charge in [0.1, 0.15) is 11.6 Å². The molecule has 1 amide bonds. The van der Waals surface area contributed by atoms with Crippen LogP contribution in [0.15, 0.2) is 42.6 Å². The van der Waals surface area contributed by atoms with Crippen LogP contribution in [0.5, 0.6) is 5.88 Å². The van der Waals surface area contributed by atoms with Crippen molar-refractivity contribution in [2.75, 3.05) is 18.5 Å². The summed E-state index contributed by atoms with van der Waals surface area (Å²) in [6.45, 7) is 3.08. The van der Waals surface area contributed by atoms with E-state index in [-0.39, 0.29) is 24.0 Å².